The monoisotopic (exact) mass is 490 g/mol. The molecule has 0 aliphatic carbocycles. The van der Waals surface area contributed by atoms with Gasteiger partial charge in [-0.1, -0.05) is 29.4 Å². The highest BCUT2D eigenvalue weighted by atomic mass is 16.5. The van der Waals surface area contributed by atoms with Gasteiger partial charge >= 0.3 is 0 Å². The van der Waals surface area contributed by atoms with Crippen LogP contribution in [0.4, 0.5) is 0 Å². The molecule has 0 spiro atoms. The molecular weight excluding hydrogens is 456 g/mol. The highest BCUT2D eigenvalue weighted by Crippen LogP contribution is 2.47. The molecule has 3 N–H and O–H groups in total. The summed E-state index contributed by atoms with van der Waals surface area (Å²) >= 11 is 0. The molecule has 0 amide bonds. The second kappa shape index (κ2) is 9.76. The van der Waals surface area contributed by atoms with E-state index in [-0.39, 0.29) is 40.8 Å². The van der Waals surface area contributed by atoms with Crippen LogP contribution in [0.5, 0.6) is 28.7 Å². The maximum absolute atomic E-state index is 13.1. The van der Waals surface area contributed by atoms with Crippen LogP contribution in [0.25, 0.3) is 0 Å². The van der Waals surface area contributed by atoms with E-state index < -0.39 is 11.7 Å². The summed E-state index contributed by atoms with van der Waals surface area (Å²) in [7, 11) is 0. The van der Waals surface area contributed by atoms with Crippen molar-refractivity contribution in [2.75, 3.05) is 0 Å². The first-order valence-electron chi connectivity index (χ1n) is 12.3. The van der Waals surface area contributed by atoms with Gasteiger partial charge in [-0.25, -0.2) is 0 Å². The summed E-state index contributed by atoms with van der Waals surface area (Å²) in [6.45, 7) is 9.89. The van der Waals surface area contributed by atoms with Crippen LogP contribution in [0.3, 0.4) is 0 Å². The Morgan fingerprint density at radius 1 is 1.08 bits per heavy atom. The molecule has 0 radical (unpaired) electrons. The van der Waals surface area contributed by atoms with Gasteiger partial charge < -0.3 is 24.8 Å². The molecule has 2 aliphatic rings. The highest BCUT2D eigenvalue weighted by molar-refractivity contribution is 6.03. The van der Waals surface area contributed by atoms with Gasteiger partial charge in [-0.15, -0.1) is 0 Å². The Hall–Kier alpha value is -3.67. The largest absolute Gasteiger partial charge is 0.507 e. The summed E-state index contributed by atoms with van der Waals surface area (Å²) < 4.78 is 12.3. The van der Waals surface area contributed by atoms with Gasteiger partial charge in [0.15, 0.2) is 17.3 Å². The molecule has 2 unspecified atom stereocenters. The van der Waals surface area contributed by atoms with E-state index in [1.165, 1.54) is 11.6 Å². The number of aryl methyl sites for hydroxylation is 1. The van der Waals surface area contributed by atoms with Crippen molar-refractivity contribution in [3.8, 4) is 28.7 Å². The average molecular weight is 491 g/mol. The van der Waals surface area contributed by atoms with Crippen molar-refractivity contribution in [1.82, 2.24) is 0 Å². The van der Waals surface area contributed by atoms with Gasteiger partial charge in [0.2, 0.25) is 0 Å². The lowest BCUT2D eigenvalue weighted by atomic mass is 9.88. The average Bonchev–Trinajstić information content (AvgIpc) is 2.78. The van der Waals surface area contributed by atoms with Crippen LogP contribution < -0.4 is 9.47 Å². The quantitative estimate of drug-likeness (QED) is 0.322. The summed E-state index contributed by atoms with van der Waals surface area (Å²) in [6.07, 6.45) is 8.95. The fourth-order valence-corrected chi connectivity index (χ4v) is 4.61. The van der Waals surface area contributed by atoms with Crippen LogP contribution in [0.1, 0.15) is 80.6 Å². The number of aromatic hydroxyl groups is 3. The van der Waals surface area contributed by atoms with E-state index in [2.05, 4.69) is 0 Å². The molecule has 2 aromatic rings. The molecule has 0 bridgehead atoms. The van der Waals surface area contributed by atoms with Gasteiger partial charge in [0.25, 0.3) is 0 Å². The van der Waals surface area contributed by atoms with Crippen molar-refractivity contribution in [2.24, 2.45) is 0 Å². The Kier molecular flexibility index (Phi) is 6.90. The molecule has 190 valence electrons. The van der Waals surface area contributed by atoms with E-state index in [9.17, 15) is 20.1 Å². The highest BCUT2D eigenvalue weighted by Gasteiger charge is 2.35. The number of hydrogen-bond acceptors (Lipinski definition) is 6. The topological polar surface area (TPSA) is 96.2 Å². The van der Waals surface area contributed by atoms with Crippen LogP contribution in [0, 0.1) is 0 Å². The fourth-order valence-electron chi connectivity index (χ4n) is 4.61. The molecular formula is C30H34O6. The third-order valence-electron chi connectivity index (χ3n) is 6.62. The van der Waals surface area contributed by atoms with E-state index in [1.807, 2.05) is 65.0 Å². The van der Waals surface area contributed by atoms with Gasteiger partial charge in [-0.05, 0) is 83.2 Å². The van der Waals surface area contributed by atoms with Gasteiger partial charge in [-0.2, -0.15) is 0 Å². The van der Waals surface area contributed by atoms with Crippen LogP contribution >= 0.6 is 0 Å². The van der Waals surface area contributed by atoms with Crippen molar-refractivity contribution in [1.29, 1.82) is 0 Å². The zero-order valence-electron chi connectivity index (χ0n) is 21.5. The Bertz CT molecular complexity index is 1290. The van der Waals surface area contributed by atoms with Crippen LogP contribution in [-0.2, 0) is 12.8 Å². The first-order chi connectivity index (χ1) is 17.0. The molecule has 4 rings (SSSR count). The lowest BCUT2D eigenvalue weighted by Gasteiger charge is -2.34. The van der Waals surface area contributed by atoms with Crippen molar-refractivity contribution >= 4 is 5.78 Å². The third kappa shape index (κ3) is 5.13. The molecule has 36 heavy (non-hydrogen) atoms. The van der Waals surface area contributed by atoms with Crippen molar-refractivity contribution < 1.29 is 29.6 Å². The van der Waals surface area contributed by atoms with E-state index in [4.69, 9.17) is 9.47 Å². The molecule has 0 saturated carbocycles. The summed E-state index contributed by atoms with van der Waals surface area (Å²) in [5.41, 5.74) is 3.57. The Morgan fingerprint density at radius 3 is 2.53 bits per heavy atom. The lowest BCUT2D eigenvalue weighted by molar-refractivity contribution is 0.0842. The van der Waals surface area contributed by atoms with Gasteiger partial charge in [0, 0.05) is 11.6 Å². The number of Topliss-reactive ketones (excluding diaryl/α,β-unsaturated/α-hetero) is 1. The molecule has 2 aliphatic heterocycles. The predicted molar refractivity (Wildman–Crippen MR) is 139 cm³/mol. The molecule has 6 nitrogen and oxygen atoms in total. The molecule has 0 saturated heterocycles. The van der Waals surface area contributed by atoms with Crippen molar-refractivity contribution in [2.45, 2.75) is 72.0 Å². The smallest absolute Gasteiger partial charge is 0.174 e. The fraction of sp³-hybridized carbons (Fsp3) is 0.367. The SMILES string of the molecule is CC(C)=CC=CC1(C)CCc2cc(C3CC(=O)c4c(cc(O)c(CC=C(C)C)c4O)O3)cc(O)c2O1. The minimum absolute atomic E-state index is 0.00588. The Morgan fingerprint density at radius 2 is 1.83 bits per heavy atom. The van der Waals surface area contributed by atoms with E-state index in [1.54, 1.807) is 6.07 Å². The second-order valence-electron chi connectivity index (χ2n) is 10.4. The van der Waals surface area contributed by atoms with Crippen LogP contribution in [0.2, 0.25) is 0 Å². The number of fused-ring (bicyclic) bond motifs is 2. The van der Waals surface area contributed by atoms with Gasteiger partial charge in [0.1, 0.15) is 34.5 Å². The van der Waals surface area contributed by atoms with E-state index in [0.717, 1.165) is 17.6 Å². The van der Waals surface area contributed by atoms with E-state index >= 15 is 0 Å². The summed E-state index contributed by atoms with van der Waals surface area (Å²) in [5.74, 6) is -0.0718. The first kappa shape index (κ1) is 25.4. The van der Waals surface area contributed by atoms with E-state index in [0.29, 0.717) is 29.7 Å². The Labute approximate surface area is 212 Å². The minimum Gasteiger partial charge on any atom is -0.507 e. The van der Waals surface area contributed by atoms with Gasteiger partial charge in [0.05, 0.1) is 6.42 Å². The normalized spacial score (nSPS) is 20.7. The molecule has 2 heterocycles. The van der Waals surface area contributed by atoms with Crippen LogP contribution in [0.15, 0.2) is 53.6 Å². The molecule has 6 heteroatoms. The molecule has 2 aromatic carbocycles. The number of ketones is 1. The molecule has 0 fully saturated rings. The number of carbonyl (C=O) groups excluding carboxylic acids is 1. The Balaban J connectivity index is 1.61. The first-order valence-corrected chi connectivity index (χ1v) is 12.3. The number of benzene rings is 2. The standard InChI is InChI=1S/C30H34O6/c1-17(2)7-6-11-30(5)12-10-19-13-20(14-24(33)29(19)36-30)25-16-23(32)27-26(35-25)15-22(31)21(28(27)34)9-8-18(3)4/h6-8,11,13-15,25,31,33-34H,9-10,12,16H2,1-5H3. The summed E-state index contributed by atoms with van der Waals surface area (Å²) in [5, 5.41) is 32.1. The number of phenolic OH excluding ortho intramolecular Hbond substituents is 3. The maximum Gasteiger partial charge on any atom is 0.174 e. The van der Waals surface area contributed by atoms with Crippen LogP contribution in [-0.4, -0.2) is 26.7 Å². The molecule has 2 atom stereocenters. The molecule has 0 aromatic heterocycles. The number of ether oxygens (including phenoxy) is 2. The summed E-state index contributed by atoms with van der Waals surface area (Å²) in [4.78, 5) is 13.1. The summed E-state index contributed by atoms with van der Waals surface area (Å²) in [6, 6.07) is 4.86. The lowest BCUT2D eigenvalue weighted by Crippen LogP contribution is -2.34. The zero-order chi connectivity index (χ0) is 26.2. The van der Waals surface area contributed by atoms with Gasteiger partial charge in [-0.3, -0.25) is 4.79 Å². The number of hydrogen-bond donors (Lipinski definition) is 3. The number of rotatable bonds is 5. The predicted octanol–water partition coefficient (Wildman–Crippen LogP) is 6.62. The number of phenols is 3. The minimum atomic E-state index is -0.658. The van der Waals surface area contributed by atoms with Crippen molar-refractivity contribution in [3.63, 3.8) is 0 Å². The number of carbonyl (C=O) groups is 1. The maximum atomic E-state index is 13.1. The zero-order valence-corrected chi connectivity index (χ0v) is 21.5. The second-order valence-corrected chi connectivity index (χ2v) is 10.4. The number of allylic oxidation sites excluding steroid dienone is 5. The van der Waals surface area contributed by atoms with Crippen molar-refractivity contribution in [3.05, 3.63) is 75.9 Å². The third-order valence-corrected chi connectivity index (χ3v) is 6.62.